The van der Waals surface area contributed by atoms with Crippen molar-refractivity contribution in [3.05, 3.63) is 102 Å². The normalized spacial score (nSPS) is 10.6. The van der Waals surface area contributed by atoms with Gasteiger partial charge in [-0.3, -0.25) is 10.1 Å². The summed E-state index contributed by atoms with van der Waals surface area (Å²) in [4.78, 5) is 12.6. The first-order valence-corrected chi connectivity index (χ1v) is 10.5. The van der Waals surface area contributed by atoms with Gasteiger partial charge in [0.1, 0.15) is 18.1 Å². The lowest BCUT2D eigenvalue weighted by atomic mass is 10.0. The van der Waals surface area contributed by atoms with Crippen LogP contribution in [-0.2, 0) is 6.61 Å². The standard InChI is InChI=1S/C26H22N2O3S/c1-17-7-8-21(24-14-13-22(16-29)31-24)15-23(17)27-26(32)28-25(30)20-11-9-19(10-12-20)18-5-3-2-4-6-18/h2-15,29H,16H2,1H3,(H2,27,28,30,32). The van der Waals surface area contributed by atoms with E-state index >= 15 is 0 Å². The number of furan rings is 1. The lowest BCUT2D eigenvalue weighted by molar-refractivity contribution is 0.0977. The monoisotopic (exact) mass is 442 g/mol. The zero-order valence-electron chi connectivity index (χ0n) is 17.5. The second-order valence-electron chi connectivity index (χ2n) is 7.31. The molecule has 160 valence electrons. The van der Waals surface area contributed by atoms with E-state index in [-0.39, 0.29) is 17.6 Å². The molecular weight excluding hydrogens is 420 g/mol. The summed E-state index contributed by atoms with van der Waals surface area (Å²) in [6, 6.07) is 26.7. The molecule has 0 spiro atoms. The molecule has 6 heteroatoms. The summed E-state index contributed by atoms with van der Waals surface area (Å²) in [5.74, 6) is 0.858. The third kappa shape index (κ3) is 4.94. The molecule has 1 heterocycles. The van der Waals surface area contributed by atoms with Gasteiger partial charge in [-0.15, -0.1) is 0 Å². The molecule has 32 heavy (non-hydrogen) atoms. The van der Waals surface area contributed by atoms with Crippen LogP contribution >= 0.6 is 12.2 Å². The Hall–Kier alpha value is -3.74. The maximum atomic E-state index is 12.6. The Balaban J connectivity index is 1.43. The minimum absolute atomic E-state index is 0.153. The molecule has 0 aliphatic heterocycles. The molecule has 1 amide bonds. The molecule has 0 saturated heterocycles. The number of benzene rings is 3. The number of aliphatic hydroxyl groups excluding tert-OH is 1. The zero-order valence-corrected chi connectivity index (χ0v) is 18.3. The van der Waals surface area contributed by atoms with Crippen LogP contribution in [0.3, 0.4) is 0 Å². The van der Waals surface area contributed by atoms with Crippen molar-refractivity contribution in [3.8, 4) is 22.5 Å². The van der Waals surface area contributed by atoms with Crippen LogP contribution in [-0.4, -0.2) is 16.1 Å². The Morgan fingerprint density at radius 1 is 0.906 bits per heavy atom. The third-order valence-electron chi connectivity index (χ3n) is 5.07. The summed E-state index contributed by atoms with van der Waals surface area (Å²) >= 11 is 5.36. The lowest BCUT2D eigenvalue weighted by Gasteiger charge is -2.13. The molecule has 0 unspecified atom stereocenters. The van der Waals surface area contributed by atoms with Crippen molar-refractivity contribution in [2.24, 2.45) is 0 Å². The van der Waals surface area contributed by atoms with Gasteiger partial charge in [-0.1, -0.05) is 54.6 Å². The van der Waals surface area contributed by atoms with Crippen LogP contribution in [0.25, 0.3) is 22.5 Å². The van der Waals surface area contributed by atoms with Crippen LogP contribution in [0.2, 0.25) is 0 Å². The number of anilines is 1. The van der Waals surface area contributed by atoms with E-state index in [9.17, 15) is 9.90 Å². The molecule has 0 aliphatic rings. The molecule has 5 nitrogen and oxygen atoms in total. The van der Waals surface area contributed by atoms with Crippen LogP contribution in [0.4, 0.5) is 5.69 Å². The molecule has 4 aromatic rings. The number of amides is 1. The second kappa shape index (κ2) is 9.60. The second-order valence-corrected chi connectivity index (χ2v) is 7.71. The van der Waals surface area contributed by atoms with Crippen molar-refractivity contribution in [1.82, 2.24) is 5.32 Å². The third-order valence-corrected chi connectivity index (χ3v) is 5.27. The van der Waals surface area contributed by atoms with E-state index in [0.717, 1.165) is 27.9 Å². The average molecular weight is 443 g/mol. The van der Waals surface area contributed by atoms with E-state index in [1.54, 1.807) is 24.3 Å². The van der Waals surface area contributed by atoms with E-state index < -0.39 is 0 Å². The van der Waals surface area contributed by atoms with E-state index in [1.807, 2.05) is 67.6 Å². The molecule has 3 N–H and O–H groups in total. The molecule has 3 aromatic carbocycles. The van der Waals surface area contributed by atoms with Crippen molar-refractivity contribution in [2.45, 2.75) is 13.5 Å². The van der Waals surface area contributed by atoms with Gasteiger partial charge < -0.3 is 14.8 Å². The Morgan fingerprint density at radius 2 is 1.59 bits per heavy atom. The number of rotatable bonds is 5. The Morgan fingerprint density at radius 3 is 2.28 bits per heavy atom. The first-order valence-electron chi connectivity index (χ1n) is 10.1. The summed E-state index contributed by atoms with van der Waals surface area (Å²) in [6.07, 6.45) is 0. The molecular formula is C26H22N2O3S. The fourth-order valence-corrected chi connectivity index (χ4v) is 3.50. The summed E-state index contributed by atoms with van der Waals surface area (Å²) in [7, 11) is 0. The first kappa shape index (κ1) is 21.5. The largest absolute Gasteiger partial charge is 0.459 e. The van der Waals surface area contributed by atoms with Gasteiger partial charge in [-0.05, 0) is 66.2 Å². The number of nitrogens with one attached hydrogen (secondary N) is 2. The van der Waals surface area contributed by atoms with Crippen molar-refractivity contribution in [3.63, 3.8) is 0 Å². The van der Waals surface area contributed by atoms with Gasteiger partial charge in [0.05, 0.1) is 0 Å². The molecule has 1 aromatic heterocycles. The number of hydrogen-bond acceptors (Lipinski definition) is 4. The fraction of sp³-hybridized carbons (Fsp3) is 0.0769. The Labute approximate surface area is 191 Å². The molecule has 0 fully saturated rings. The van der Waals surface area contributed by atoms with E-state index in [2.05, 4.69) is 10.6 Å². The number of aliphatic hydroxyl groups is 1. The number of carbonyl (C=O) groups excluding carboxylic acids is 1. The first-order chi connectivity index (χ1) is 15.5. The van der Waals surface area contributed by atoms with Gasteiger partial charge in [0.15, 0.2) is 5.11 Å². The highest BCUT2D eigenvalue weighted by Gasteiger charge is 2.11. The predicted molar refractivity (Wildman–Crippen MR) is 130 cm³/mol. The Kier molecular flexibility index (Phi) is 6.44. The minimum Gasteiger partial charge on any atom is -0.459 e. The number of aryl methyl sites for hydroxylation is 1. The molecule has 0 aliphatic carbocycles. The van der Waals surface area contributed by atoms with Gasteiger partial charge in [0.25, 0.3) is 5.91 Å². The lowest BCUT2D eigenvalue weighted by Crippen LogP contribution is -2.34. The number of carbonyl (C=O) groups is 1. The molecule has 0 atom stereocenters. The van der Waals surface area contributed by atoms with E-state index in [4.69, 9.17) is 16.6 Å². The van der Waals surface area contributed by atoms with Crippen LogP contribution in [0.15, 0.2) is 89.3 Å². The van der Waals surface area contributed by atoms with Crippen molar-refractivity contribution in [1.29, 1.82) is 0 Å². The molecule has 0 bridgehead atoms. The topological polar surface area (TPSA) is 74.5 Å². The van der Waals surface area contributed by atoms with E-state index in [0.29, 0.717) is 17.1 Å². The quantitative estimate of drug-likeness (QED) is 0.354. The SMILES string of the molecule is Cc1ccc(-c2ccc(CO)o2)cc1NC(=S)NC(=O)c1ccc(-c2ccccc2)cc1. The van der Waals surface area contributed by atoms with Gasteiger partial charge in [0, 0.05) is 16.8 Å². The molecule has 4 rings (SSSR count). The maximum absolute atomic E-state index is 12.6. The van der Waals surface area contributed by atoms with Crippen LogP contribution < -0.4 is 10.6 Å². The fourth-order valence-electron chi connectivity index (χ4n) is 3.30. The highest BCUT2D eigenvalue weighted by molar-refractivity contribution is 7.80. The maximum Gasteiger partial charge on any atom is 0.257 e. The van der Waals surface area contributed by atoms with Crippen molar-refractivity contribution < 1.29 is 14.3 Å². The molecule has 0 radical (unpaired) electrons. The summed E-state index contributed by atoms with van der Waals surface area (Å²) in [6.45, 7) is 1.79. The predicted octanol–water partition coefficient (Wildman–Crippen LogP) is 5.54. The average Bonchev–Trinajstić information content (AvgIpc) is 3.30. The highest BCUT2D eigenvalue weighted by atomic mass is 32.1. The van der Waals surface area contributed by atoms with E-state index in [1.165, 1.54) is 0 Å². The van der Waals surface area contributed by atoms with Gasteiger partial charge >= 0.3 is 0 Å². The smallest absolute Gasteiger partial charge is 0.257 e. The Bertz CT molecular complexity index is 1250. The van der Waals surface area contributed by atoms with Gasteiger partial charge in [0.2, 0.25) is 0 Å². The van der Waals surface area contributed by atoms with Crippen LogP contribution in [0.1, 0.15) is 21.7 Å². The van der Waals surface area contributed by atoms with Crippen LogP contribution in [0.5, 0.6) is 0 Å². The van der Waals surface area contributed by atoms with Crippen molar-refractivity contribution >= 4 is 28.9 Å². The van der Waals surface area contributed by atoms with Crippen molar-refractivity contribution in [2.75, 3.05) is 5.32 Å². The summed E-state index contributed by atoms with van der Waals surface area (Å²) in [5, 5.41) is 15.2. The van der Waals surface area contributed by atoms with Gasteiger partial charge in [-0.2, -0.15) is 0 Å². The van der Waals surface area contributed by atoms with Crippen LogP contribution in [0, 0.1) is 6.92 Å². The summed E-state index contributed by atoms with van der Waals surface area (Å²) in [5.41, 5.74) is 5.21. The summed E-state index contributed by atoms with van der Waals surface area (Å²) < 4.78 is 5.60. The molecule has 0 saturated carbocycles. The highest BCUT2D eigenvalue weighted by Crippen LogP contribution is 2.27. The van der Waals surface area contributed by atoms with Gasteiger partial charge in [-0.25, -0.2) is 0 Å². The minimum atomic E-state index is -0.283. The zero-order chi connectivity index (χ0) is 22.5. The number of thiocarbonyl (C=S) groups is 1. The number of hydrogen-bond donors (Lipinski definition) is 3.